The molecule has 0 spiro atoms. The minimum atomic E-state index is -0.594. The number of halogens is 2. The molecule has 2 rings (SSSR count). The Hall–Kier alpha value is -1.76. The van der Waals surface area contributed by atoms with Crippen molar-refractivity contribution in [3.05, 3.63) is 45.8 Å². The molecule has 0 radical (unpaired) electrons. The lowest BCUT2D eigenvalue weighted by Gasteiger charge is -2.03. The number of nitrogens with zero attached hydrogens (tertiary/aromatic N) is 2. The SMILES string of the molecule is Cc1noc(CNC(=O)c2ccc(Br)cc2F)n1. The fourth-order valence-electron chi connectivity index (χ4n) is 1.34. The third-order valence-corrected chi connectivity index (χ3v) is 2.64. The first kappa shape index (κ1) is 12.7. The summed E-state index contributed by atoms with van der Waals surface area (Å²) in [5, 5.41) is 6.08. The van der Waals surface area contributed by atoms with E-state index < -0.39 is 11.7 Å². The van der Waals surface area contributed by atoms with Crippen molar-refractivity contribution in [3.63, 3.8) is 0 Å². The number of amides is 1. The highest BCUT2D eigenvalue weighted by atomic mass is 79.9. The molecule has 1 heterocycles. The highest BCUT2D eigenvalue weighted by molar-refractivity contribution is 9.10. The number of benzene rings is 1. The molecule has 5 nitrogen and oxygen atoms in total. The van der Waals surface area contributed by atoms with Crippen molar-refractivity contribution in [1.82, 2.24) is 15.5 Å². The Morgan fingerprint density at radius 3 is 2.94 bits per heavy atom. The third-order valence-electron chi connectivity index (χ3n) is 2.15. The Morgan fingerprint density at radius 2 is 2.33 bits per heavy atom. The van der Waals surface area contributed by atoms with Crippen LogP contribution >= 0.6 is 15.9 Å². The van der Waals surface area contributed by atoms with Crippen LogP contribution in [0.4, 0.5) is 4.39 Å². The zero-order valence-electron chi connectivity index (χ0n) is 9.41. The maximum Gasteiger partial charge on any atom is 0.254 e. The molecule has 0 unspecified atom stereocenters. The van der Waals surface area contributed by atoms with Gasteiger partial charge in [-0.15, -0.1) is 0 Å². The molecule has 1 aromatic carbocycles. The van der Waals surface area contributed by atoms with Crippen LogP contribution in [0, 0.1) is 12.7 Å². The predicted molar refractivity (Wildman–Crippen MR) is 64.3 cm³/mol. The zero-order chi connectivity index (χ0) is 13.1. The minimum absolute atomic E-state index is 0.0329. The standard InChI is InChI=1S/C11H9BrFN3O2/c1-6-15-10(18-16-6)5-14-11(17)8-3-2-7(12)4-9(8)13/h2-4H,5H2,1H3,(H,14,17). The molecule has 0 saturated carbocycles. The van der Waals surface area contributed by atoms with Crippen molar-refractivity contribution < 1.29 is 13.7 Å². The summed E-state index contributed by atoms with van der Waals surface area (Å²) in [4.78, 5) is 15.6. The second-order valence-corrected chi connectivity index (χ2v) is 4.46. The van der Waals surface area contributed by atoms with Crippen molar-refractivity contribution in [3.8, 4) is 0 Å². The average molecular weight is 314 g/mol. The summed E-state index contributed by atoms with van der Waals surface area (Å²) >= 11 is 3.12. The van der Waals surface area contributed by atoms with Gasteiger partial charge in [-0.3, -0.25) is 4.79 Å². The van der Waals surface area contributed by atoms with Gasteiger partial charge in [0.25, 0.3) is 5.91 Å². The second kappa shape index (κ2) is 5.26. The van der Waals surface area contributed by atoms with E-state index in [0.717, 1.165) is 0 Å². The van der Waals surface area contributed by atoms with E-state index >= 15 is 0 Å². The van der Waals surface area contributed by atoms with Crippen molar-refractivity contribution in [2.45, 2.75) is 13.5 Å². The molecule has 1 amide bonds. The summed E-state index contributed by atoms with van der Waals surface area (Å²) in [5.74, 6) is -0.369. The summed E-state index contributed by atoms with van der Waals surface area (Å²) in [6.45, 7) is 1.73. The lowest BCUT2D eigenvalue weighted by atomic mass is 10.2. The van der Waals surface area contributed by atoms with Gasteiger partial charge in [-0.2, -0.15) is 4.98 Å². The van der Waals surface area contributed by atoms with E-state index in [1.54, 1.807) is 13.0 Å². The van der Waals surface area contributed by atoms with E-state index in [2.05, 4.69) is 31.4 Å². The quantitative estimate of drug-likeness (QED) is 0.943. The monoisotopic (exact) mass is 313 g/mol. The minimum Gasteiger partial charge on any atom is -0.343 e. The van der Waals surface area contributed by atoms with Gasteiger partial charge in [-0.25, -0.2) is 4.39 Å². The van der Waals surface area contributed by atoms with Gasteiger partial charge in [-0.05, 0) is 25.1 Å². The summed E-state index contributed by atoms with van der Waals surface area (Å²) in [7, 11) is 0. The predicted octanol–water partition coefficient (Wildman–Crippen LogP) is 2.21. The van der Waals surface area contributed by atoms with Crippen molar-refractivity contribution in [2.75, 3.05) is 0 Å². The fourth-order valence-corrected chi connectivity index (χ4v) is 1.67. The van der Waals surface area contributed by atoms with E-state index in [9.17, 15) is 9.18 Å². The molecular weight excluding hydrogens is 305 g/mol. The Bertz CT molecular complexity index is 585. The van der Waals surface area contributed by atoms with Crippen LogP contribution in [0.5, 0.6) is 0 Å². The Labute approximate surface area is 111 Å². The van der Waals surface area contributed by atoms with Gasteiger partial charge in [0.1, 0.15) is 5.82 Å². The van der Waals surface area contributed by atoms with Gasteiger partial charge in [-0.1, -0.05) is 21.1 Å². The molecule has 2 aromatic rings. The van der Waals surface area contributed by atoms with Crippen LogP contribution in [0.2, 0.25) is 0 Å². The molecule has 7 heteroatoms. The number of carbonyl (C=O) groups is 1. The molecule has 0 aliphatic carbocycles. The molecule has 1 N–H and O–H groups in total. The zero-order valence-corrected chi connectivity index (χ0v) is 11.0. The van der Waals surface area contributed by atoms with E-state index in [1.807, 2.05) is 0 Å². The first-order valence-electron chi connectivity index (χ1n) is 5.08. The highest BCUT2D eigenvalue weighted by Crippen LogP contribution is 2.15. The number of carbonyl (C=O) groups excluding carboxylic acids is 1. The highest BCUT2D eigenvalue weighted by Gasteiger charge is 2.12. The Morgan fingerprint density at radius 1 is 1.56 bits per heavy atom. The maximum atomic E-state index is 13.5. The van der Waals surface area contributed by atoms with Gasteiger partial charge < -0.3 is 9.84 Å². The molecule has 0 atom stereocenters. The lowest BCUT2D eigenvalue weighted by molar-refractivity contribution is 0.0942. The van der Waals surface area contributed by atoms with Gasteiger partial charge >= 0.3 is 0 Å². The van der Waals surface area contributed by atoms with Crippen LogP contribution in [0.3, 0.4) is 0 Å². The smallest absolute Gasteiger partial charge is 0.254 e. The van der Waals surface area contributed by atoms with E-state index in [-0.39, 0.29) is 18.0 Å². The molecule has 0 saturated heterocycles. The van der Waals surface area contributed by atoms with Crippen LogP contribution in [0.1, 0.15) is 22.1 Å². The maximum absolute atomic E-state index is 13.5. The van der Waals surface area contributed by atoms with Gasteiger partial charge in [0.15, 0.2) is 5.82 Å². The topological polar surface area (TPSA) is 68.0 Å². The van der Waals surface area contributed by atoms with Crippen LogP contribution in [0.25, 0.3) is 0 Å². The molecule has 0 aliphatic heterocycles. The van der Waals surface area contributed by atoms with Crippen LogP contribution in [-0.2, 0) is 6.54 Å². The molecule has 0 bridgehead atoms. The number of hydrogen-bond donors (Lipinski definition) is 1. The number of hydrogen-bond acceptors (Lipinski definition) is 4. The summed E-state index contributed by atoms with van der Waals surface area (Å²) < 4.78 is 18.9. The number of rotatable bonds is 3. The van der Waals surface area contributed by atoms with Crippen LogP contribution < -0.4 is 5.32 Å². The number of aromatic nitrogens is 2. The van der Waals surface area contributed by atoms with Crippen molar-refractivity contribution >= 4 is 21.8 Å². The van der Waals surface area contributed by atoms with E-state index in [4.69, 9.17) is 4.52 Å². The number of aryl methyl sites for hydroxylation is 1. The van der Waals surface area contributed by atoms with Gasteiger partial charge in [0.2, 0.25) is 5.89 Å². The second-order valence-electron chi connectivity index (χ2n) is 3.54. The molecule has 18 heavy (non-hydrogen) atoms. The fraction of sp³-hybridized carbons (Fsp3) is 0.182. The third kappa shape index (κ3) is 2.92. The Kier molecular flexibility index (Phi) is 3.71. The first-order valence-corrected chi connectivity index (χ1v) is 5.88. The van der Waals surface area contributed by atoms with E-state index in [0.29, 0.717) is 10.3 Å². The normalized spacial score (nSPS) is 10.4. The van der Waals surface area contributed by atoms with Gasteiger partial charge in [0, 0.05) is 4.47 Å². The largest absolute Gasteiger partial charge is 0.343 e. The average Bonchev–Trinajstić information content (AvgIpc) is 2.72. The summed E-state index contributed by atoms with van der Waals surface area (Å²) in [5.41, 5.74) is -0.0329. The first-order chi connectivity index (χ1) is 8.56. The molecule has 0 fully saturated rings. The molecule has 0 aliphatic rings. The van der Waals surface area contributed by atoms with Crippen molar-refractivity contribution in [2.24, 2.45) is 0 Å². The van der Waals surface area contributed by atoms with Crippen LogP contribution in [-0.4, -0.2) is 16.0 Å². The Balaban J connectivity index is 2.03. The summed E-state index contributed by atoms with van der Waals surface area (Å²) in [6.07, 6.45) is 0. The van der Waals surface area contributed by atoms with Gasteiger partial charge in [0.05, 0.1) is 12.1 Å². The van der Waals surface area contributed by atoms with Crippen LogP contribution in [0.15, 0.2) is 27.2 Å². The molecule has 1 aromatic heterocycles. The van der Waals surface area contributed by atoms with E-state index in [1.165, 1.54) is 12.1 Å². The summed E-state index contributed by atoms with van der Waals surface area (Å²) in [6, 6.07) is 4.22. The molecular formula is C11H9BrFN3O2. The van der Waals surface area contributed by atoms with Crippen molar-refractivity contribution in [1.29, 1.82) is 0 Å². The lowest BCUT2D eigenvalue weighted by Crippen LogP contribution is -2.24. The molecule has 94 valence electrons. The number of nitrogens with one attached hydrogen (secondary N) is 1.